The Balaban J connectivity index is 2.06. The van der Waals surface area contributed by atoms with Crippen LogP contribution in [0.2, 0.25) is 0 Å². The fourth-order valence-electron chi connectivity index (χ4n) is 2.76. The van der Waals surface area contributed by atoms with Gasteiger partial charge in [-0.3, -0.25) is 4.90 Å². The minimum absolute atomic E-state index is 0.00435. The van der Waals surface area contributed by atoms with E-state index in [1.54, 1.807) is 0 Å². The molecule has 2 heterocycles. The Morgan fingerprint density at radius 2 is 1.82 bits per heavy atom. The Hall–Kier alpha value is -0.0800. The Bertz CT molecular complexity index is 134. The van der Waals surface area contributed by atoms with E-state index in [9.17, 15) is 5.11 Å². The second kappa shape index (κ2) is 2.76. The minimum atomic E-state index is -0.00435. The summed E-state index contributed by atoms with van der Waals surface area (Å²) in [6.45, 7) is 3.39. The molecule has 2 rings (SSSR count). The summed E-state index contributed by atoms with van der Waals surface area (Å²) in [6.07, 6.45) is 4.66. The van der Waals surface area contributed by atoms with E-state index in [0.717, 1.165) is 12.8 Å². The zero-order valence-electron chi connectivity index (χ0n) is 7.16. The maximum absolute atomic E-state index is 9.48. The SMILES string of the molecule is CCN1[C@@H]2CC[C@H]1C[C@H](O)C2. The van der Waals surface area contributed by atoms with E-state index in [0.29, 0.717) is 12.1 Å². The van der Waals surface area contributed by atoms with Gasteiger partial charge in [0.05, 0.1) is 6.10 Å². The maximum atomic E-state index is 9.48. The summed E-state index contributed by atoms with van der Waals surface area (Å²) in [4.78, 5) is 2.56. The third-order valence-corrected chi connectivity index (χ3v) is 3.22. The summed E-state index contributed by atoms with van der Waals surface area (Å²) in [5, 5.41) is 9.48. The van der Waals surface area contributed by atoms with Gasteiger partial charge in [-0.25, -0.2) is 0 Å². The third-order valence-electron chi connectivity index (χ3n) is 3.22. The van der Waals surface area contributed by atoms with Gasteiger partial charge in [0.15, 0.2) is 0 Å². The van der Waals surface area contributed by atoms with E-state index in [1.807, 2.05) is 0 Å². The lowest BCUT2D eigenvalue weighted by Crippen LogP contribution is -2.44. The van der Waals surface area contributed by atoms with Crippen LogP contribution in [-0.4, -0.2) is 34.7 Å². The van der Waals surface area contributed by atoms with E-state index in [2.05, 4.69) is 11.8 Å². The number of nitrogens with zero attached hydrogens (tertiary/aromatic N) is 1. The first-order valence-corrected chi connectivity index (χ1v) is 4.75. The molecule has 11 heavy (non-hydrogen) atoms. The lowest BCUT2D eigenvalue weighted by Gasteiger charge is -2.36. The van der Waals surface area contributed by atoms with Crippen LogP contribution in [0.5, 0.6) is 0 Å². The molecular weight excluding hydrogens is 138 g/mol. The number of hydrogen-bond donors (Lipinski definition) is 1. The van der Waals surface area contributed by atoms with Crippen LogP contribution in [0.3, 0.4) is 0 Å². The van der Waals surface area contributed by atoms with Crippen molar-refractivity contribution in [2.24, 2.45) is 0 Å². The number of fused-ring (bicyclic) bond motifs is 2. The number of hydrogen-bond acceptors (Lipinski definition) is 2. The molecule has 64 valence electrons. The van der Waals surface area contributed by atoms with Gasteiger partial charge in [0.25, 0.3) is 0 Å². The third kappa shape index (κ3) is 1.18. The van der Waals surface area contributed by atoms with Crippen LogP contribution >= 0.6 is 0 Å². The number of rotatable bonds is 1. The quantitative estimate of drug-likeness (QED) is 0.610. The van der Waals surface area contributed by atoms with Crippen LogP contribution < -0.4 is 0 Å². The molecule has 2 fully saturated rings. The molecule has 2 nitrogen and oxygen atoms in total. The highest BCUT2D eigenvalue weighted by atomic mass is 16.3. The highest BCUT2D eigenvalue weighted by Gasteiger charge is 2.38. The lowest BCUT2D eigenvalue weighted by molar-refractivity contribution is 0.0387. The van der Waals surface area contributed by atoms with Crippen LogP contribution in [0.4, 0.5) is 0 Å². The Labute approximate surface area is 68.2 Å². The van der Waals surface area contributed by atoms with E-state index in [4.69, 9.17) is 0 Å². The van der Waals surface area contributed by atoms with Crippen LogP contribution in [0, 0.1) is 0 Å². The largest absolute Gasteiger partial charge is 0.393 e. The molecule has 0 aliphatic carbocycles. The normalized spacial score (nSPS) is 44.7. The molecular formula is C9H17NO. The smallest absolute Gasteiger partial charge is 0.0570 e. The first-order chi connectivity index (χ1) is 5.31. The highest BCUT2D eigenvalue weighted by Crippen LogP contribution is 2.34. The molecule has 0 aromatic heterocycles. The maximum Gasteiger partial charge on any atom is 0.0570 e. The molecule has 3 atom stereocenters. The van der Waals surface area contributed by atoms with Crippen molar-refractivity contribution in [3.63, 3.8) is 0 Å². The van der Waals surface area contributed by atoms with Gasteiger partial charge in [0, 0.05) is 12.1 Å². The molecule has 0 saturated carbocycles. The molecule has 2 aliphatic rings. The van der Waals surface area contributed by atoms with Crippen molar-refractivity contribution in [2.45, 2.75) is 50.8 Å². The molecule has 1 N–H and O–H groups in total. The monoisotopic (exact) mass is 155 g/mol. The van der Waals surface area contributed by atoms with Gasteiger partial charge in [-0.15, -0.1) is 0 Å². The molecule has 2 saturated heterocycles. The van der Waals surface area contributed by atoms with Crippen LogP contribution in [0.25, 0.3) is 0 Å². The minimum Gasteiger partial charge on any atom is -0.393 e. The topological polar surface area (TPSA) is 23.5 Å². The molecule has 0 spiro atoms. The molecule has 0 aromatic rings. The standard InChI is InChI=1S/C9H17NO/c1-2-10-7-3-4-8(10)6-9(11)5-7/h7-9,11H,2-6H2,1H3/t7-,8+,9-. The van der Waals surface area contributed by atoms with Crippen molar-refractivity contribution in [3.8, 4) is 0 Å². The molecule has 0 aromatic carbocycles. The van der Waals surface area contributed by atoms with Crippen molar-refractivity contribution < 1.29 is 5.11 Å². The molecule has 2 heteroatoms. The molecule has 0 radical (unpaired) electrons. The highest BCUT2D eigenvalue weighted by molar-refractivity contribution is 4.94. The summed E-state index contributed by atoms with van der Waals surface area (Å²) in [5.41, 5.74) is 0. The van der Waals surface area contributed by atoms with Crippen LogP contribution in [-0.2, 0) is 0 Å². The summed E-state index contributed by atoms with van der Waals surface area (Å²) in [7, 11) is 0. The average Bonchev–Trinajstić information content (AvgIpc) is 2.23. The van der Waals surface area contributed by atoms with Crippen LogP contribution in [0.15, 0.2) is 0 Å². The molecule has 2 bridgehead atoms. The van der Waals surface area contributed by atoms with Crippen molar-refractivity contribution in [1.82, 2.24) is 4.90 Å². The van der Waals surface area contributed by atoms with E-state index < -0.39 is 0 Å². The number of aliphatic hydroxyl groups excluding tert-OH is 1. The zero-order chi connectivity index (χ0) is 7.84. The van der Waals surface area contributed by atoms with Crippen molar-refractivity contribution in [2.75, 3.05) is 6.54 Å². The summed E-state index contributed by atoms with van der Waals surface area (Å²) in [5.74, 6) is 0. The van der Waals surface area contributed by atoms with E-state index in [-0.39, 0.29) is 6.10 Å². The van der Waals surface area contributed by atoms with E-state index in [1.165, 1.54) is 19.4 Å². The second-order valence-corrected chi connectivity index (χ2v) is 3.84. The Morgan fingerprint density at radius 3 is 2.27 bits per heavy atom. The van der Waals surface area contributed by atoms with Gasteiger partial charge < -0.3 is 5.11 Å². The first kappa shape index (κ1) is 7.56. The van der Waals surface area contributed by atoms with Gasteiger partial charge in [0.2, 0.25) is 0 Å². The van der Waals surface area contributed by atoms with Gasteiger partial charge in [0.1, 0.15) is 0 Å². The summed E-state index contributed by atoms with van der Waals surface area (Å²) >= 11 is 0. The predicted molar refractivity (Wildman–Crippen MR) is 44.4 cm³/mol. The van der Waals surface area contributed by atoms with Gasteiger partial charge >= 0.3 is 0 Å². The van der Waals surface area contributed by atoms with Crippen LogP contribution in [0.1, 0.15) is 32.6 Å². The number of piperidine rings is 1. The average molecular weight is 155 g/mol. The Morgan fingerprint density at radius 1 is 1.27 bits per heavy atom. The van der Waals surface area contributed by atoms with Crippen molar-refractivity contribution in [1.29, 1.82) is 0 Å². The molecule has 0 amide bonds. The fourth-order valence-corrected chi connectivity index (χ4v) is 2.76. The fraction of sp³-hybridized carbons (Fsp3) is 1.00. The zero-order valence-corrected chi connectivity index (χ0v) is 7.16. The van der Waals surface area contributed by atoms with Gasteiger partial charge in [-0.1, -0.05) is 6.92 Å². The lowest BCUT2D eigenvalue weighted by atomic mass is 10.0. The molecule has 2 aliphatic heterocycles. The summed E-state index contributed by atoms with van der Waals surface area (Å²) in [6, 6.07) is 1.41. The summed E-state index contributed by atoms with van der Waals surface area (Å²) < 4.78 is 0. The predicted octanol–water partition coefficient (Wildman–Crippen LogP) is 0.994. The second-order valence-electron chi connectivity index (χ2n) is 3.84. The van der Waals surface area contributed by atoms with Crippen molar-refractivity contribution >= 4 is 0 Å². The molecule has 0 unspecified atom stereocenters. The van der Waals surface area contributed by atoms with Gasteiger partial charge in [-0.05, 0) is 32.2 Å². The van der Waals surface area contributed by atoms with Gasteiger partial charge in [-0.2, -0.15) is 0 Å². The Kier molecular flexibility index (Phi) is 1.90. The van der Waals surface area contributed by atoms with E-state index >= 15 is 0 Å². The first-order valence-electron chi connectivity index (χ1n) is 4.75. The number of aliphatic hydroxyl groups is 1. The van der Waals surface area contributed by atoms with Crippen molar-refractivity contribution in [3.05, 3.63) is 0 Å².